The highest BCUT2D eigenvalue weighted by atomic mass is 32.1. The normalized spacial score (nSPS) is 18.0. The monoisotopic (exact) mass is 728 g/mol. The molecule has 0 radical (unpaired) electrons. The average Bonchev–Trinajstić information content (AvgIpc) is 3.93. The first-order valence-electron chi connectivity index (χ1n) is 19.1. The number of hydrogen-bond acceptors (Lipinski definition) is 4. The maximum Gasteiger partial charge on any atom is 0.166 e. The van der Waals surface area contributed by atoms with Crippen LogP contribution < -0.4 is 0 Å². The van der Waals surface area contributed by atoms with E-state index in [1.165, 1.54) is 71.6 Å². The van der Waals surface area contributed by atoms with Crippen LogP contribution in [0.5, 0.6) is 0 Å². The van der Waals surface area contributed by atoms with E-state index in [-0.39, 0.29) is 17.8 Å². The molecular weight excluding hydrogens is 681 g/mol. The first-order valence-corrected chi connectivity index (χ1v) is 20.0. The molecule has 1 heterocycles. The summed E-state index contributed by atoms with van der Waals surface area (Å²) >= 11 is 1.75. The molecule has 6 aromatic rings. The van der Waals surface area contributed by atoms with Crippen molar-refractivity contribution < 1.29 is 14.4 Å². The third-order valence-corrected chi connectivity index (χ3v) is 12.3. The molecule has 272 valence electrons. The van der Waals surface area contributed by atoms with Gasteiger partial charge in [0.05, 0.1) is 0 Å². The predicted octanol–water partition coefficient (Wildman–Crippen LogP) is 12.5. The van der Waals surface area contributed by atoms with Crippen molar-refractivity contribution in [3.05, 3.63) is 164 Å². The highest BCUT2D eigenvalue weighted by Gasteiger charge is 2.32. The first kappa shape index (κ1) is 37.1. The molecule has 0 amide bonds. The van der Waals surface area contributed by atoms with Gasteiger partial charge in [-0.1, -0.05) is 123 Å². The minimum absolute atomic E-state index is 0.126. The van der Waals surface area contributed by atoms with E-state index in [0.29, 0.717) is 17.3 Å². The predicted molar refractivity (Wildman–Crippen MR) is 224 cm³/mol. The summed E-state index contributed by atoms with van der Waals surface area (Å²) in [6.07, 6.45) is 2.64. The molecule has 0 spiro atoms. The van der Waals surface area contributed by atoms with Crippen LogP contribution in [0.2, 0.25) is 0 Å². The molecule has 3 unspecified atom stereocenters. The molecule has 54 heavy (non-hydrogen) atoms. The fourth-order valence-electron chi connectivity index (χ4n) is 8.51. The molecule has 0 bridgehead atoms. The highest BCUT2D eigenvalue weighted by Crippen LogP contribution is 2.40. The smallest absolute Gasteiger partial charge is 0.166 e. The zero-order valence-electron chi connectivity index (χ0n) is 32.4. The second kappa shape index (κ2) is 15.3. The van der Waals surface area contributed by atoms with Crippen molar-refractivity contribution >= 4 is 28.7 Å². The number of Topliss-reactive ketones (excluding diaryl/α,β-unsaturated/α-hetero) is 3. The minimum Gasteiger partial charge on any atom is -0.294 e. The maximum absolute atomic E-state index is 12.1. The average molecular weight is 729 g/mol. The molecule has 1 aromatic heterocycles. The summed E-state index contributed by atoms with van der Waals surface area (Å²) in [4.78, 5) is 37.5. The van der Waals surface area contributed by atoms with Gasteiger partial charge in [0.15, 0.2) is 17.3 Å². The summed E-state index contributed by atoms with van der Waals surface area (Å²) in [5.74, 6) is 1.29. The molecule has 0 aliphatic heterocycles. The van der Waals surface area contributed by atoms with Crippen LogP contribution in [0.3, 0.4) is 0 Å². The summed E-state index contributed by atoms with van der Waals surface area (Å²) in [5, 5.41) is 2.09. The van der Waals surface area contributed by atoms with Crippen LogP contribution in [0.1, 0.15) is 90.8 Å². The van der Waals surface area contributed by atoms with Crippen molar-refractivity contribution in [1.82, 2.24) is 0 Å². The Labute approximate surface area is 324 Å². The van der Waals surface area contributed by atoms with Crippen molar-refractivity contribution in [3.8, 4) is 32.7 Å². The fourth-order valence-corrected chi connectivity index (χ4v) is 9.37. The van der Waals surface area contributed by atoms with Crippen molar-refractivity contribution in [2.45, 2.75) is 67.7 Å². The Morgan fingerprint density at radius 3 is 1.28 bits per heavy atom. The van der Waals surface area contributed by atoms with Crippen LogP contribution in [0.4, 0.5) is 0 Å². The van der Waals surface area contributed by atoms with Gasteiger partial charge in [0.1, 0.15) is 0 Å². The zero-order chi connectivity index (χ0) is 38.3. The maximum atomic E-state index is 12.1. The molecule has 0 N–H and O–H groups in total. The van der Waals surface area contributed by atoms with Crippen LogP contribution >= 0.6 is 11.3 Å². The Morgan fingerprint density at radius 2 is 0.852 bits per heavy atom. The number of carbonyl (C=O) groups excluding carboxylic acids is 3. The summed E-state index contributed by atoms with van der Waals surface area (Å²) in [6.45, 7) is 14.5. The molecule has 0 saturated heterocycles. The summed E-state index contributed by atoms with van der Waals surface area (Å²) in [7, 11) is 0. The topological polar surface area (TPSA) is 51.2 Å². The summed E-state index contributed by atoms with van der Waals surface area (Å²) in [5.41, 5.74) is 17.8. The quantitative estimate of drug-likeness (QED) is 0.182. The SMILES string of the molecule is Cc1ccc(-c2c(C)ccc3c2CC(C)C3=O)cc1.Cc1ccc2c(c1-c1ccccc1)CC(C)C2=O.Cc1ccc2c(c1-c1cccs1)CC(C)C2=O. The van der Waals surface area contributed by atoms with Crippen LogP contribution in [-0.4, -0.2) is 17.3 Å². The number of ketones is 3. The van der Waals surface area contributed by atoms with Crippen LogP contribution in [0.25, 0.3) is 32.7 Å². The molecule has 3 atom stereocenters. The lowest BCUT2D eigenvalue weighted by Gasteiger charge is -2.12. The van der Waals surface area contributed by atoms with Gasteiger partial charge >= 0.3 is 0 Å². The molecular formula is C50H48O3S. The number of carbonyl (C=O) groups is 3. The van der Waals surface area contributed by atoms with Gasteiger partial charge in [0.2, 0.25) is 0 Å². The number of fused-ring (bicyclic) bond motifs is 3. The second-order valence-corrected chi connectivity index (χ2v) is 16.4. The molecule has 5 aromatic carbocycles. The van der Waals surface area contributed by atoms with Gasteiger partial charge in [0.25, 0.3) is 0 Å². The second-order valence-electron chi connectivity index (χ2n) is 15.5. The zero-order valence-corrected chi connectivity index (χ0v) is 33.2. The van der Waals surface area contributed by atoms with E-state index in [4.69, 9.17) is 0 Å². The molecule has 3 aliphatic rings. The molecule has 0 fully saturated rings. The van der Waals surface area contributed by atoms with Gasteiger partial charge in [-0.15, -0.1) is 11.3 Å². The minimum atomic E-state index is 0.126. The van der Waals surface area contributed by atoms with E-state index in [0.717, 1.165) is 36.0 Å². The van der Waals surface area contributed by atoms with Gasteiger partial charge in [-0.25, -0.2) is 0 Å². The number of benzene rings is 5. The van der Waals surface area contributed by atoms with E-state index in [2.05, 4.69) is 99.8 Å². The van der Waals surface area contributed by atoms with Gasteiger partial charge in [-0.2, -0.15) is 0 Å². The molecule has 4 heteroatoms. The highest BCUT2D eigenvalue weighted by molar-refractivity contribution is 7.13. The lowest BCUT2D eigenvalue weighted by Crippen LogP contribution is -2.02. The Balaban J connectivity index is 0.000000125. The third kappa shape index (κ3) is 6.96. The van der Waals surface area contributed by atoms with Crippen LogP contribution in [0, 0.1) is 45.4 Å². The van der Waals surface area contributed by atoms with Crippen molar-refractivity contribution in [1.29, 1.82) is 0 Å². The van der Waals surface area contributed by atoms with Gasteiger partial charge in [-0.05, 0) is 120 Å². The van der Waals surface area contributed by atoms with Gasteiger partial charge < -0.3 is 0 Å². The molecule has 9 rings (SSSR count). The Kier molecular flexibility index (Phi) is 10.5. The summed E-state index contributed by atoms with van der Waals surface area (Å²) < 4.78 is 0. The number of rotatable bonds is 3. The Hall–Kier alpha value is -5.19. The lowest BCUT2D eigenvalue weighted by molar-refractivity contribution is 0.0939. The lowest BCUT2D eigenvalue weighted by atomic mass is 9.92. The van der Waals surface area contributed by atoms with Crippen LogP contribution in [-0.2, 0) is 19.3 Å². The van der Waals surface area contributed by atoms with E-state index in [1.54, 1.807) is 11.3 Å². The summed E-state index contributed by atoms with van der Waals surface area (Å²) in [6, 6.07) is 35.3. The first-order chi connectivity index (χ1) is 25.9. The Bertz CT molecular complexity index is 2380. The molecule has 0 saturated carbocycles. The Morgan fingerprint density at radius 1 is 0.444 bits per heavy atom. The van der Waals surface area contributed by atoms with E-state index >= 15 is 0 Å². The van der Waals surface area contributed by atoms with Crippen molar-refractivity contribution in [2.75, 3.05) is 0 Å². The number of hydrogen-bond donors (Lipinski definition) is 0. The van der Waals surface area contributed by atoms with Crippen molar-refractivity contribution in [3.63, 3.8) is 0 Å². The molecule has 3 nitrogen and oxygen atoms in total. The van der Waals surface area contributed by atoms with Gasteiger partial charge in [-0.3, -0.25) is 14.4 Å². The standard InChI is InChI=1S/C18H18O.C17H16O.C15H14OS/c1-11-4-7-14(8-5-11)17-12(2)6-9-15-16(17)10-13(3)18(15)19;1-11-8-9-14-15(10-12(2)17(14)18)16(11)13-6-4-3-5-7-13;1-9-5-6-11-12(8-10(2)15(11)16)14(9)13-4-3-7-17-13/h4-9,13H,10H2,1-3H3;3-9,12H,10H2,1-2H3;3-7,10H,8H2,1-2H3. The van der Waals surface area contributed by atoms with Crippen molar-refractivity contribution in [2.24, 2.45) is 17.8 Å². The number of aryl methyl sites for hydroxylation is 4. The largest absolute Gasteiger partial charge is 0.294 e. The van der Waals surface area contributed by atoms with E-state index < -0.39 is 0 Å². The van der Waals surface area contributed by atoms with E-state index in [1.807, 2.05) is 57.2 Å². The molecule has 3 aliphatic carbocycles. The van der Waals surface area contributed by atoms with Gasteiger partial charge in [0, 0.05) is 39.3 Å². The van der Waals surface area contributed by atoms with E-state index in [9.17, 15) is 14.4 Å². The third-order valence-electron chi connectivity index (χ3n) is 11.4. The fraction of sp³-hybridized carbons (Fsp3) is 0.260. The van der Waals surface area contributed by atoms with Crippen LogP contribution in [0.15, 0.2) is 109 Å². The number of thiophene rings is 1.